The number of nitriles is 1. The van der Waals surface area contributed by atoms with Crippen molar-refractivity contribution in [2.75, 3.05) is 6.54 Å². The molecule has 0 spiro atoms. The molecule has 0 aliphatic rings. The van der Waals surface area contributed by atoms with Crippen LogP contribution in [0.25, 0.3) is 10.9 Å². The maximum absolute atomic E-state index is 11.6. The summed E-state index contributed by atoms with van der Waals surface area (Å²) in [6.45, 7) is -0.187. The van der Waals surface area contributed by atoms with Gasteiger partial charge >= 0.3 is 0 Å². The molecule has 0 unspecified atom stereocenters. The van der Waals surface area contributed by atoms with Gasteiger partial charge in [0.2, 0.25) is 5.91 Å². The SMILES string of the molecule is N#CCNC(=O)Cn1cc(S(=O)(=O)Cl)c2ccccc21. The summed E-state index contributed by atoms with van der Waals surface area (Å²) < 4.78 is 24.5. The average molecular weight is 312 g/mol. The number of carbonyl (C=O) groups excluding carboxylic acids is 1. The van der Waals surface area contributed by atoms with E-state index in [9.17, 15) is 13.2 Å². The Labute approximate surface area is 120 Å². The first-order valence-electron chi connectivity index (χ1n) is 5.59. The lowest BCUT2D eigenvalue weighted by atomic mass is 10.2. The molecule has 2 aromatic rings. The molecule has 1 N–H and O–H groups in total. The molecule has 0 aliphatic heterocycles. The lowest BCUT2D eigenvalue weighted by Gasteiger charge is -2.04. The third kappa shape index (κ3) is 2.92. The Morgan fingerprint density at radius 3 is 2.75 bits per heavy atom. The van der Waals surface area contributed by atoms with Gasteiger partial charge in [-0.25, -0.2) is 8.42 Å². The number of para-hydroxylation sites is 1. The molecule has 6 nitrogen and oxygen atoms in total. The number of benzene rings is 1. The Hall–Kier alpha value is -2.04. The zero-order valence-corrected chi connectivity index (χ0v) is 11.8. The topological polar surface area (TPSA) is 92.0 Å². The van der Waals surface area contributed by atoms with Gasteiger partial charge in [0.15, 0.2) is 0 Å². The van der Waals surface area contributed by atoms with Gasteiger partial charge in [-0.05, 0) is 6.07 Å². The van der Waals surface area contributed by atoms with Crippen LogP contribution in [0.1, 0.15) is 0 Å². The predicted octanol–water partition coefficient (Wildman–Crippen LogP) is 1.21. The van der Waals surface area contributed by atoms with Crippen LogP contribution in [0.15, 0.2) is 35.4 Å². The Balaban J connectivity index is 2.45. The summed E-state index contributed by atoms with van der Waals surface area (Å²) >= 11 is 0. The number of aromatic nitrogens is 1. The highest BCUT2D eigenvalue weighted by Gasteiger charge is 2.19. The number of nitrogens with one attached hydrogen (secondary N) is 1. The van der Waals surface area contributed by atoms with E-state index in [0.29, 0.717) is 10.9 Å². The zero-order chi connectivity index (χ0) is 14.8. The van der Waals surface area contributed by atoms with Gasteiger partial charge < -0.3 is 9.88 Å². The number of nitrogens with zero attached hydrogens (tertiary/aromatic N) is 2. The molecule has 1 aromatic heterocycles. The van der Waals surface area contributed by atoms with Crippen LogP contribution >= 0.6 is 10.7 Å². The van der Waals surface area contributed by atoms with E-state index < -0.39 is 9.05 Å². The molecule has 0 saturated heterocycles. The Kier molecular flexibility index (Phi) is 3.97. The van der Waals surface area contributed by atoms with Crippen molar-refractivity contribution < 1.29 is 13.2 Å². The van der Waals surface area contributed by atoms with Crippen molar-refractivity contribution in [3.05, 3.63) is 30.5 Å². The summed E-state index contributed by atoms with van der Waals surface area (Å²) in [6, 6.07) is 8.53. The number of halogens is 1. The summed E-state index contributed by atoms with van der Waals surface area (Å²) in [4.78, 5) is 11.6. The smallest absolute Gasteiger partial charge is 0.263 e. The zero-order valence-electron chi connectivity index (χ0n) is 10.2. The number of hydrogen-bond acceptors (Lipinski definition) is 4. The maximum atomic E-state index is 11.6. The second kappa shape index (κ2) is 5.53. The second-order valence-electron chi connectivity index (χ2n) is 4.01. The summed E-state index contributed by atoms with van der Waals surface area (Å²) in [5.74, 6) is -0.383. The second-order valence-corrected chi connectivity index (χ2v) is 6.55. The van der Waals surface area contributed by atoms with E-state index >= 15 is 0 Å². The normalized spacial score (nSPS) is 11.2. The lowest BCUT2D eigenvalue weighted by Crippen LogP contribution is -2.27. The number of fused-ring (bicyclic) bond motifs is 1. The largest absolute Gasteiger partial charge is 0.341 e. The fourth-order valence-electron chi connectivity index (χ4n) is 1.89. The first kappa shape index (κ1) is 14.4. The molecule has 0 radical (unpaired) electrons. The third-order valence-corrected chi connectivity index (χ3v) is 4.04. The van der Waals surface area contributed by atoms with Crippen molar-refractivity contribution >= 4 is 36.5 Å². The first-order chi connectivity index (χ1) is 9.43. The van der Waals surface area contributed by atoms with Gasteiger partial charge in [0.1, 0.15) is 18.0 Å². The van der Waals surface area contributed by atoms with Crippen molar-refractivity contribution in [2.24, 2.45) is 0 Å². The van der Waals surface area contributed by atoms with Gasteiger partial charge in [-0.2, -0.15) is 5.26 Å². The van der Waals surface area contributed by atoms with Gasteiger partial charge in [0, 0.05) is 27.8 Å². The molecule has 1 amide bonds. The molecule has 0 saturated carbocycles. The van der Waals surface area contributed by atoms with Crippen molar-refractivity contribution in [3.8, 4) is 6.07 Å². The van der Waals surface area contributed by atoms with E-state index in [1.165, 1.54) is 10.8 Å². The monoisotopic (exact) mass is 311 g/mol. The van der Waals surface area contributed by atoms with Crippen LogP contribution < -0.4 is 5.32 Å². The third-order valence-electron chi connectivity index (χ3n) is 2.69. The summed E-state index contributed by atoms with van der Waals surface area (Å²) in [7, 11) is 1.49. The van der Waals surface area contributed by atoms with E-state index in [-0.39, 0.29) is 23.9 Å². The molecule has 1 heterocycles. The van der Waals surface area contributed by atoms with Crippen LogP contribution in [0.5, 0.6) is 0 Å². The minimum atomic E-state index is -3.89. The molecule has 0 aliphatic carbocycles. The van der Waals surface area contributed by atoms with Crippen molar-refractivity contribution in [2.45, 2.75) is 11.4 Å². The molecule has 0 bridgehead atoms. The standard InChI is InChI=1S/C12H10ClN3O3S/c13-20(18,19)11-7-16(8-12(17)15-6-5-14)10-4-2-1-3-9(10)11/h1-4,7H,6,8H2,(H,15,17). The van der Waals surface area contributed by atoms with E-state index in [2.05, 4.69) is 5.32 Å². The molecule has 0 fully saturated rings. The molecule has 8 heteroatoms. The average Bonchev–Trinajstić information content (AvgIpc) is 2.75. The summed E-state index contributed by atoms with van der Waals surface area (Å²) in [5, 5.41) is 11.2. The van der Waals surface area contributed by atoms with Crippen LogP contribution in [-0.2, 0) is 20.4 Å². The minimum absolute atomic E-state index is 0.0390. The molecular formula is C12H10ClN3O3S. The number of amides is 1. The van der Waals surface area contributed by atoms with E-state index in [0.717, 1.165) is 0 Å². The fraction of sp³-hybridized carbons (Fsp3) is 0.167. The van der Waals surface area contributed by atoms with Gasteiger partial charge in [-0.15, -0.1) is 0 Å². The number of carbonyl (C=O) groups is 1. The van der Waals surface area contributed by atoms with E-state index in [4.69, 9.17) is 15.9 Å². The Morgan fingerprint density at radius 2 is 2.10 bits per heavy atom. The predicted molar refractivity (Wildman–Crippen MR) is 73.6 cm³/mol. The first-order valence-corrected chi connectivity index (χ1v) is 7.90. The minimum Gasteiger partial charge on any atom is -0.341 e. The highest BCUT2D eigenvalue weighted by Crippen LogP contribution is 2.27. The van der Waals surface area contributed by atoms with Crippen LogP contribution in [0.3, 0.4) is 0 Å². The lowest BCUT2D eigenvalue weighted by molar-refractivity contribution is -0.121. The molecular weight excluding hydrogens is 302 g/mol. The van der Waals surface area contributed by atoms with Gasteiger partial charge in [0.05, 0.1) is 6.07 Å². The number of rotatable bonds is 4. The fourth-order valence-corrected chi connectivity index (χ4v) is 2.94. The van der Waals surface area contributed by atoms with E-state index in [1.54, 1.807) is 30.3 Å². The molecule has 20 heavy (non-hydrogen) atoms. The highest BCUT2D eigenvalue weighted by molar-refractivity contribution is 8.14. The quantitative estimate of drug-likeness (QED) is 0.678. The van der Waals surface area contributed by atoms with Crippen molar-refractivity contribution in [1.29, 1.82) is 5.26 Å². The van der Waals surface area contributed by atoms with Gasteiger partial charge in [0.25, 0.3) is 9.05 Å². The Morgan fingerprint density at radius 1 is 1.40 bits per heavy atom. The maximum Gasteiger partial charge on any atom is 0.263 e. The van der Waals surface area contributed by atoms with Gasteiger partial charge in [-0.1, -0.05) is 18.2 Å². The van der Waals surface area contributed by atoms with Crippen LogP contribution in [-0.4, -0.2) is 25.4 Å². The van der Waals surface area contributed by atoms with E-state index in [1.807, 2.05) is 0 Å². The van der Waals surface area contributed by atoms with Crippen LogP contribution in [0.2, 0.25) is 0 Å². The van der Waals surface area contributed by atoms with Gasteiger partial charge in [-0.3, -0.25) is 4.79 Å². The van der Waals surface area contributed by atoms with Crippen LogP contribution in [0.4, 0.5) is 0 Å². The molecule has 104 valence electrons. The highest BCUT2D eigenvalue weighted by atomic mass is 35.7. The van der Waals surface area contributed by atoms with Crippen LogP contribution in [0, 0.1) is 11.3 Å². The summed E-state index contributed by atoms with van der Waals surface area (Å²) in [6.07, 6.45) is 1.32. The molecule has 0 atom stereocenters. The van der Waals surface area contributed by atoms with Crippen molar-refractivity contribution in [1.82, 2.24) is 9.88 Å². The number of hydrogen-bond donors (Lipinski definition) is 1. The molecule has 2 rings (SSSR count). The Bertz CT molecular complexity index is 805. The summed E-state index contributed by atoms with van der Waals surface area (Å²) in [5.41, 5.74) is 0.582. The van der Waals surface area contributed by atoms with Crippen molar-refractivity contribution in [3.63, 3.8) is 0 Å². The molecule has 1 aromatic carbocycles.